The molecule has 4 aromatic rings. The zero-order valence-electron chi connectivity index (χ0n) is 15.9. The van der Waals surface area contributed by atoms with Crippen molar-refractivity contribution >= 4 is 27.0 Å². The number of ether oxygens (including phenoxy) is 2. The lowest BCUT2D eigenvalue weighted by Crippen LogP contribution is -2.39. The lowest BCUT2D eigenvalue weighted by molar-refractivity contribution is 0.126. The molecule has 0 N–H and O–H groups in total. The van der Waals surface area contributed by atoms with Crippen molar-refractivity contribution in [1.82, 2.24) is 9.55 Å². The smallest absolute Gasteiger partial charge is 0.264 e. The Kier molecular flexibility index (Phi) is 3.96. The average Bonchev–Trinajstić information content (AvgIpc) is 2.79. The fraction of sp³-hybridized carbons (Fsp3) is 0.167. The summed E-state index contributed by atoms with van der Waals surface area (Å²) in [7, 11) is 0. The van der Waals surface area contributed by atoms with Gasteiger partial charge in [0, 0.05) is 28.1 Å². The topological polar surface area (TPSA) is 53.4 Å². The number of nitrogens with zero attached hydrogens (tertiary/aromatic N) is 2. The van der Waals surface area contributed by atoms with E-state index in [9.17, 15) is 4.79 Å². The van der Waals surface area contributed by atoms with Gasteiger partial charge in [0.1, 0.15) is 11.5 Å². The number of fused-ring (bicyclic) bond motifs is 7. The van der Waals surface area contributed by atoms with Gasteiger partial charge in [0.2, 0.25) is 0 Å². The van der Waals surface area contributed by atoms with Crippen molar-refractivity contribution < 1.29 is 9.47 Å². The summed E-state index contributed by atoms with van der Waals surface area (Å²) in [5.74, 6) is 1.45. The molecule has 0 aliphatic carbocycles. The highest BCUT2D eigenvalue weighted by atomic mass is 79.9. The molecule has 0 radical (unpaired) electrons. The van der Waals surface area contributed by atoms with Crippen molar-refractivity contribution in [3.8, 4) is 17.2 Å². The van der Waals surface area contributed by atoms with Crippen molar-refractivity contribution in [2.45, 2.75) is 5.92 Å². The molecule has 2 aromatic heterocycles. The summed E-state index contributed by atoms with van der Waals surface area (Å²) < 4.78 is 14.8. The molecule has 0 fully saturated rings. The molecule has 6 heteroatoms. The third-order valence-electron chi connectivity index (χ3n) is 5.92. The molecule has 2 aliphatic heterocycles. The van der Waals surface area contributed by atoms with Crippen LogP contribution in [0.15, 0.2) is 76.1 Å². The number of aromatic nitrogens is 2. The molecular weight excluding hydrogens is 444 g/mol. The van der Waals surface area contributed by atoms with E-state index < -0.39 is 0 Å². The number of halogens is 1. The second-order valence-corrected chi connectivity index (χ2v) is 8.55. The SMILES string of the molecule is O=c1c2c(c3cccnc3n1-c1ccccc1)OC[C@@H]1COc3ccc(Br)cc3[C@H]21. The van der Waals surface area contributed by atoms with E-state index in [-0.39, 0.29) is 17.4 Å². The van der Waals surface area contributed by atoms with Crippen LogP contribution < -0.4 is 15.0 Å². The van der Waals surface area contributed by atoms with Crippen LogP contribution >= 0.6 is 15.9 Å². The van der Waals surface area contributed by atoms with E-state index in [4.69, 9.17) is 9.47 Å². The molecule has 0 spiro atoms. The summed E-state index contributed by atoms with van der Waals surface area (Å²) >= 11 is 3.58. The predicted octanol–water partition coefficient (Wildman–Crippen LogP) is 4.68. The molecule has 2 aliphatic rings. The number of pyridine rings is 2. The molecule has 2 atom stereocenters. The van der Waals surface area contributed by atoms with Gasteiger partial charge in [0.15, 0.2) is 5.65 Å². The standard InChI is InChI=1S/C24H17BrN2O3/c25-15-8-9-19-18(11-15)20-14(12-29-19)13-30-22-17-7-4-10-26-23(17)27(24(28)21(20)22)16-5-2-1-3-6-16/h1-11,14,20H,12-13H2/t14-,20+/m0/s1. The average molecular weight is 461 g/mol. The van der Waals surface area contributed by atoms with Crippen LogP contribution in [0.1, 0.15) is 17.0 Å². The van der Waals surface area contributed by atoms with Crippen LogP contribution in [-0.4, -0.2) is 22.8 Å². The van der Waals surface area contributed by atoms with Gasteiger partial charge in [-0.25, -0.2) is 4.98 Å². The van der Waals surface area contributed by atoms with Gasteiger partial charge in [0.25, 0.3) is 5.56 Å². The Morgan fingerprint density at radius 3 is 2.70 bits per heavy atom. The maximum absolute atomic E-state index is 14.0. The number of rotatable bonds is 1. The minimum atomic E-state index is -0.0953. The van der Waals surface area contributed by atoms with E-state index in [0.29, 0.717) is 30.2 Å². The second-order valence-electron chi connectivity index (χ2n) is 7.64. The van der Waals surface area contributed by atoms with Crippen LogP contribution in [-0.2, 0) is 0 Å². The first-order chi connectivity index (χ1) is 14.7. The third kappa shape index (κ3) is 2.53. The number of hydrogen-bond acceptors (Lipinski definition) is 4. The number of hydrogen-bond donors (Lipinski definition) is 0. The van der Waals surface area contributed by atoms with Gasteiger partial charge in [0.05, 0.1) is 29.9 Å². The molecule has 0 saturated carbocycles. The first-order valence-corrected chi connectivity index (χ1v) is 10.7. The minimum Gasteiger partial charge on any atom is -0.493 e. The summed E-state index contributed by atoms with van der Waals surface area (Å²) in [4.78, 5) is 18.5. The summed E-state index contributed by atoms with van der Waals surface area (Å²) in [6.45, 7) is 1.02. The van der Waals surface area contributed by atoms with Gasteiger partial charge in [-0.2, -0.15) is 0 Å². The Morgan fingerprint density at radius 1 is 1.00 bits per heavy atom. The number of benzene rings is 2. The molecule has 0 saturated heterocycles. The fourth-order valence-electron chi connectivity index (χ4n) is 4.62. The largest absolute Gasteiger partial charge is 0.493 e. The maximum atomic E-state index is 14.0. The van der Waals surface area contributed by atoms with Crippen LogP contribution in [0.3, 0.4) is 0 Å². The number of para-hydroxylation sites is 1. The second kappa shape index (κ2) is 6.71. The first-order valence-electron chi connectivity index (χ1n) is 9.86. The van der Waals surface area contributed by atoms with Crippen LogP contribution in [0.25, 0.3) is 16.7 Å². The molecule has 6 rings (SSSR count). The first kappa shape index (κ1) is 17.7. The highest BCUT2D eigenvalue weighted by molar-refractivity contribution is 9.10. The van der Waals surface area contributed by atoms with Crippen molar-refractivity contribution in [2.24, 2.45) is 5.92 Å². The van der Waals surface area contributed by atoms with E-state index in [2.05, 4.69) is 27.0 Å². The quantitative estimate of drug-likeness (QED) is 0.413. The fourth-order valence-corrected chi connectivity index (χ4v) is 5.00. The van der Waals surface area contributed by atoms with Crippen LogP contribution in [0, 0.1) is 5.92 Å². The molecule has 4 heterocycles. The van der Waals surface area contributed by atoms with Crippen LogP contribution in [0.5, 0.6) is 11.5 Å². The zero-order chi connectivity index (χ0) is 20.2. The van der Waals surface area contributed by atoms with Crippen LogP contribution in [0.2, 0.25) is 0 Å². The Bertz CT molecular complexity index is 1350. The van der Waals surface area contributed by atoms with E-state index in [0.717, 1.165) is 26.9 Å². The molecule has 0 bridgehead atoms. The molecule has 5 nitrogen and oxygen atoms in total. The van der Waals surface area contributed by atoms with Gasteiger partial charge in [-0.3, -0.25) is 9.36 Å². The molecule has 2 aromatic carbocycles. The van der Waals surface area contributed by atoms with E-state index >= 15 is 0 Å². The van der Waals surface area contributed by atoms with Crippen molar-refractivity contribution in [1.29, 1.82) is 0 Å². The van der Waals surface area contributed by atoms with Crippen molar-refractivity contribution in [3.63, 3.8) is 0 Å². The monoisotopic (exact) mass is 460 g/mol. The third-order valence-corrected chi connectivity index (χ3v) is 6.41. The molecule has 0 amide bonds. The molecule has 148 valence electrons. The summed E-state index contributed by atoms with van der Waals surface area (Å²) in [6.07, 6.45) is 1.71. The van der Waals surface area contributed by atoms with Gasteiger partial charge in [-0.15, -0.1) is 0 Å². The van der Waals surface area contributed by atoms with Gasteiger partial charge in [-0.1, -0.05) is 34.1 Å². The van der Waals surface area contributed by atoms with Gasteiger partial charge >= 0.3 is 0 Å². The van der Waals surface area contributed by atoms with E-state index in [1.165, 1.54) is 0 Å². The Hall–Kier alpha value is -3.12. The highest BCUT2D eigenvalue weighted by Crippen LogP contribution is 2.48. The summed E-state index contributed by atoms with van der Waals surface area (Å²) in [5, 5.41) is 0.845. The van der Waals surface area contributed by atoms with E-state index in [1.807, 2.05) is 54.6 Å². The van der Waals surface area contributed by atoms with Gasteiger partial charge in [-0.05, 0) is 42.5 Å². The Morgan fingerprint density at radius 2 is 1.83 bits per heavy atom. The van der Waals surface area contributed by atoms with Crippen LogP contribution in [0.4, 0.5) is 0 Å². The highest BCUT2D eigenvalue weighted by Gasteiger charge is 2.41. The summed E-state index contributed by atoms with van der Waals surface area (Å²) in [6, 6.07) is 19.5. The Labute approximate surface area is 181 Å². The lowest BCUT2D eigenvalue weighted by atomic mass is 9.77. The van der Waals surface area contributed by atoms with Crippen molar-refractivity contribution in [2.75, 3.05) is 13.2 Å². The normalized spacial score (nSPS) is 19.2. The lowest BCUT2D eigenvalue weighted by Gasteiger charge is -2.38. The maximum Gasteiger partial charge on any atom is 0.264 e. The molecular formula is C24H17BrN2O3. The predicted molar refractivity (Wildman–Crippen MR) is 118 cm³/mol. The van der Waals surface area contributed by atoms with Crippen molar-refractivity contribution in [3.05, 3.63) is 92.8 Å². The van der Waals surface area contributed by atoms with Gasteiger partial charge < -0.3 is 9.47 Å². The summed E-state index contributed by atoms with van der Waals surface area (Å²) in [5.41, 5.74) is 3.00. The minimum absolute atomic E-state index is 0.0744. The zero-order valence-corrected chi connectivity index (χ0v) is 17.5. The molecule has 0 unspecified atom stereocenters. The van der Waals surface area contributed by atoms with E-state index in [1.54, 1.807) is 10.8 Å². The Balaban J connectivity index is 1.72. The molecule has 30 heavy (non-hydrogen) atoms.